The summed E-state index contributed by atoms with van der Waals surface area (Å²) >= 11 is 0. The summed E-state index contributed by atoms with van der Waals surface area (Å²) in [6.07, 6.45) is 6.64. The largest absolute Gasteiger partial charge is 0.382 e. The van der Waals surface area contributed by atoms with Crippen molar-refractivity contribution in [3.8, 4) is 0 Å². The molecule has 22 heavy (non-hydrogen) atoms. The second-order valence-corrected chi connectivity index (χ2v) is 5.00. The van der Waals surface area contributed by atoms with Gasteiger partial charge in [0, 0.05) is 12.4 Å². The number of nitrogens with one attached hydrogen (secondary N) is 1. The second kappa shape index (κ2) is 5.76. The first-order chi connectivity index (χ1) is 10.6. The first kappa shape index (κ1) is 13.9. The highest BCUT2D eigenvalue weighted by Gasteiger charge is 2.08. The fourth-order valence-corrected chi connectivity index (χ4v) is 2.05. The van der Waals surface area contributed by atoms with E-state index in [1.807, 2.05) is 6.07 Å². The van der Waals surface area contributed by atoms with E-state index in [4.69, 9.17) is 5.73 Å². The molecule has 8 nitrogen and oxygen atoms in total. The fraction of sp³-hybridized carbons (Fsp3) is 0.214. The minimum absolute atomic E-state index is 0.399. The summed E-state index contributed by atoms with van der Waals surface area (Å²) in [5.74, 6) is 0.904. The Morgan fingerprint density at radius 2 is 2.00 bits per heavy atom. The molecule has 4 rings (SSSR count). The third-order valence-corrected chi connectivity index (χ3v) is 3.07. The Labute approximate surface area is 126 Å². The van der Waals surface area contributed by atoms with E-state index >= 15 is 0 Å². The Kier molecular flexibility index (Phi) is 3.65. The van der Waals surface area contributed by atoms with E-state index in [-0.39, 0.29) is 0 Å². The topological polar surface area (TPSA) is 111 Å². The summed E-state index contributed by atoms with van der Waals surface area (Å²) in [5.41, 5.74) is 8.96. The summed E-state index contributed by atoms with van der Waals surface area (Å²) in [4.78, 5) is 19.3. The monoisotopic (exact) mass is 296 g/mol. The molecule has 0 amide bonds. The van der Waals surface area contributed by atoms with Crippen LogP contribution in [0.1, 0.15) is 25.5 Å². The molecule has 0 atom stereocenters. The molecule has 0 saturated heterocycles. The van der Waals surface area contributed by atoms with Crippen LogP contribution in [-0.2, 0) is 0 Å². The molecule has 3 N–H and O–H groups in total. The molecule has 0 aliphatic heterocycles. The standard InChI is InChI=1S/C8H10N4.C6H6N4/c1-5(2)6-7-8(11-3-9-6)12-4-10-7;7-5-1-2-6-8-3-4-10(6)9-5/h3-5H,1-2H3,(H,9,10,11,12);1-4H,(H2,7,9). The van der Waals surface area contributed by atoms with Gasteiger partial charge in [0.15, 0.2) is 11.3 Å². The molecule has 0 aliphatic rings. The van der Waals surface area contributed by atoms with E-state index in [1.165, 1.54) is 0 Å². The summed E-state index contributed by atoms with van der Waals surface area (Å²) in [7, 11) is 0. The Hall–Kier alpha value is -3.03. The number of hydrogen-bond acceptors (Lipinski definition) is 6. The lowest BCUT2D eigenvalue weighted by atomic mass is 10.1. The zero-order valence-corrected chi connectivity index (χ0v) is 12.3. The number of hydrogen-bond donors (Lipinski definition) is 2. The Bertz CT molecular complexity index is 892. The lowest BCUT2D eigenvalue weighted by Crippen LogP contribution is -1.95. The minimum atomic E-state index is 0.399. The predicted octanol–water partition coefficient (Wildman–Crippen LogP) is 1.79. The molecule has 112 valence electrons. The summed E-state index contributed by atoms with van der Waals surface area (Å²) in [6.45, 7) is 4.20. The van der Waals surface area contributed by atoms with Gasteiger partial charge in [0.25, 0.3) is 0 Å². The molecule has 0 spiro atoms. The van der Waals surface area contributed by atoms with Crippen LogP contribution in [0.15, 0.2) is 37.2 Å². The zero-order valence-electron chi connectivity index (χ0n) is 12.3. The molecule has 4 aromatic heterocycles. The zero-order chi connectivity index (χ0) is 15.5. The van der Waals surface area contributed by atoms with E-state index in [0.29, 0.717) is 11.7 Å². The summed E-state index contributed by atoms with van der Waals surface area (Å²) in [6, 6.07) is 3.55. The SMILES string of the molecule is CC(C)c1ncnc2nc[nH]c12.Nc1ccc2nccn2n1. The lowest BCUT2D eigenvalue weighted by molar-refractivity contribution is 0.825. The van der Waals surface area contributed by atoms with Crippen LogP contribution in [0.5, 0.6) is 0 Å². The van der Waals surface area contributed by atoms with Gasteiger partial charge in [-0.1, -0.05) is 13.8 Å². The number of anilines is 1. The van der Waals surface area contributed by atoms with Gasteiger partial charge in [-0.25, -0.2) is 24.5 Å². The Morgan fingerprint density at radius 3 is 2.82 bits per heavy atom. The molecule has 8 heteroatoms. The molecule has 0 fully saturated rings. The van der Waals surface area contributed by atoms with Crippen LogP contribution in [0.4, 0.5) is 5.82 Å². The highest BCUT2D eigenvalue weighted by Crippen LogP contribution is 2.17. The molecule has 0 unspecified atom stereocenters. The van der Waals surface area contributed by atoms with Crippen molar-refractivity contribution in [3.63, 3.8) is 0 Å². The van der Waals surface area contributed by atoms with Crippen LogP contribution in [0.25, 0.3) is 16.8 Å². The van der Waals surface area contributed by atoms with Gasteiger partial charge in [-0.2, -0.15) is 0 Å². The predicted molar refractivity (Wildman–Crippen MR) is 83.2 cm³/mol. The second-order valence-electron chi connectivity index (χ2n) is 5.00. The first-order valence-electron chi connectivity index (χ1n) is 6.85. The maximum Gasteiger partial charge on any atom is 0.180 e. The maximum atomic E-state index is 5.42. The Balaban J connectivity index is 0.000000133. The number of aromatic amines is 1. The van der Waals surface area contributed by atoms with Gasteiger partial charge in [-0.05, 0) is 18.1 Å². The van der Waals surface area contributed by atoms with Crippen LogP contribution in [-0.4, -0.2) is 34.5 Å². The van der Waals surface area contributed by atoms with Crippen LogP contribution in [0, 0.1) is 0 Å². The van der Waals surface area contributed by atoms with Gasteiger partial charge in [0.1, 0.15) is 17.7 Å². The minimum Gasteiger partial charge on any atom is -0.382 e. The number of nitrogen functional groups attached to an aromatic ring is 1. The van der Waals surface area contributed by atoms with Crippen molar-refractivity contribution < 1.29 is 0 Å². The quantitative estimate of drug-likeness (QED) is 0.554. The molecule has 0 aromatic carbocycles. The van der Waals surface area contributed by atoms with E-state index in [0.717, 1.165) is 22.5 Å². The summed E-state index contributed by atoms with van der Waals surface area (Å²) < 4.78 is 1.63. The number of H-pyrrole nitrogens is 1. The Morgan fingerprint density at radius 1 is 1.14 bits per heavy atom. The van der Waals surface area contributed by atoms with Gasteiger partial charge in [0.05, 0.1) is 12.0 Å². The van der Waals surface area contributed by atoms with Crippen LogP contribution in [0.3, 0.4) is 0 Å². The van der Waals surface area contributed by atoms with Crippen molar-refractivity contribution in [1.29, 1.82) is 0 Å². The third kappa shape index (κ3) is 2.71. The first-order valence-corrected chi connectivity index (χ1v) is 6.85. The van der Waals surface area contributed by atoms with Crippen molar-refractivity contribution in [3.05, 3.63) is 42.9 Å². The molecule has 4 aromatic rings. The van der Waals surface area contributed by atoms with Gasteiger partial charge < -0.3 is 10.7 Å². The molecular formula is C14H16N8. The van der Waals surface area contributed by atoms with Gasteiger partial charge in [-0.15, -0.1) is 5.10 Å². The van der Waals surface area contributed by atoms with Crippen LogP contribution < -0.4 is 5.73 Å². The highest BCUT2D eigenvalue weighted by molar-refractivity contribution is 5.72. The van der Waals surface area contributed by atoms with Crippen molar-refractivity contribution in [1.82, 2.24) is 34.5 Å². The average molecular weight is 296 g/mol. The van der Waals surface area contributed by atoms with Gasteiger partial charge in [0.2, 0.25) is 0 Å². The van der Waals surface area contributed by atoms with Crippen LogP contribution >= 0.6 is 0 Å². The number of aromatic nitrogens is 7. The molecule has 0 radical (unpaired) electrons. The number of imidazole rings is 2. The van der Waals surface area contributed by atoms with Crippen molar-refractivity contribution >= 4 is 22.6 Å². The molecule has 0 saturated carbocycles. The van der Waals surface area contributed by atoms with Gasteiger partial charge >= 0.3 is 0 Å². The van der Waals surface area contributed by atoms with Gasteiger partial charge in [-0.3, -0.25) is 0 Å². The number of fused-ring (bicyclic) bond motifs is 2. The van der Waals surface area contributed by atoms with Crippen molar-refractivity contribution in [2.24, 2.45) is 0 Å². The summed E-state index contributed by atoms with van der Waals surface area (Å²) in [5, 5.41) is 3.97. The van der Waals surface area contributed by atoms with E-state index in [9.17, 15) is 0 Å². The lowest BCUT2D eigenvalue weighted by Gasteiger charge is -2.02. The normalized spacial score (nSPS) is 10.9. The number of rotatable bonds is 1. The van der Waals surface area contributed by atoms with Crippen LogP contribution in [0.2, 0.25) is 0 Å². The van der Waals surface area contributed by atoms with Crippen molar-refractivity contribution in [2.45, 2.75) is 19.8 Å². The number of nitrogens with two attached hydrogens (primary N) is 1. The van der Waals surface area contributed by atoms with E-state index < -0.39 is 0 Å². The van der Waals surface area contributed by atoms with E-state index in [2.05, 4.69) is 43.9 Å². The fourth-order valence-electron chi connectivity index (χ4n) is 2.05. The smallest absolute Gasteiger partial charge is 0.180 e. The highest BCUT2D eigenvalue weighted by atomic mass is 15.3. The molecule has 0 bridgehead atoms. The van der Waals surface area contributed by atoms with E-state index in [1.54, 1.807) is 35.6 Å². The third-order valence-electron chi connectivity index (χ3n) is 3.07. The maximum absolute atomic E-state index is 5.42. The van der Waals surface area contributed by atoms with Crippen molar-refractivity contribution in [2.75, 3.05) is 5.73 Å². The molecule has 0 aliphatic carbocycles. The molecular weight excluding hydrogens is 280 g/mol. The molecule has 4 heterocycles. The number of nitrogens with zero attached hydrogens (tertiary/aromatic N) is 6. The average Bonchev–Trinajstić information content (AvgIpc) is 3.15.